The summed E-state index contributed by atoms with van der Waals surface area (Å²) in [5.41, 5.74) is 0.760. The van der Waals surface area contributed by atoms with Gasteiger partial charge in [-0.05, 0) is 43.7 Å². The van der Waals surface area contributed by atoms with Gasteiger partial charge >= 0.3 is 0 Å². The van der Waals surface area contributed by atoms with Gasteiger partial charge in [-0.1, -0.05) is 5.16 Å². The fraction of sp³-hybridized carbons (Fsp3) is 0.438. The van der Waals surface area contributed by atoms with Gasteiger partial charge in [0.05, 0.1) is 0 Å². The standard InChI is InChI=1S/C16H20N4O3.ClH/c1-11-18-15(20-23-11)10-22-14-6-4-12(5-7-14)19-16(21)9-13-3-2-8-17-13;/h4-7,13,17H,2-3,8-10H2,1H3,(H,19,21);1H. The zero-order valence-corrected chi connectivity index (χ0v) is 14.3. The fourth-order valence-corrected chi connectivity index (χ4v) is 2.55. The predicted molar refractivity (Wildman–Crippen MR) is 91.3 cm³/mol. The van der Waals surface area contributed by atoms with Gasteiger partial charge in [0.15, 0.2) is 6.61 Å². The van der Waals surface area contributed by atoms with Crippen LogP contribution < -0.4 is 15.4 Å². The Bertz CT molecular complexity index is 654. The second-order valence-corrected chi connectivity index (χ2v) is 5.59. The molecule has 2 heterocycles. The van der Waals surface area contributed by atoms with E-state index in [2.05, 4.69) is 20.8 Å². The molecule has 1 fully saturated rings. The predicted octanol–water partition coefficient (Wildman–Crippen LogP) is 2.46. The maximum atomic E-state index is 12.0. The van der Waals surface area contributed by atoms with E-state index in [1.54, 1.807) is 19.1 Å². The quantitative estimate of drug-likeness (QED) is 0.830. The number of aromatic nitrogens is 2. The van der Waals surface area contributed by atoms with E-state index in [4.69, 9.17) is 9.26 Å². The number of carbonyl (C=O) groups is 1. The first-order chi connectivity index (χ1) is 11.2. The number of ether oxygens (including phenoxy) is 1. The van der Waals surface area contributed by atoms with Crippen molar-refractivity contribution < 1.29 is 14.1 Å². The summed E-state index contributed by atoms with van der Waals surface area (Å²) in [6.07, 6.45) is 2.72. The van der Waals surface area contributed by atoms with Gasteiger partial charge in [0, 0.05) is 25.1 Å². The maximum Gasteiger partial charge on any atom is 0.225 e. The molecule has 0 saturated carbocycles. The summed E-state index contributed by atoms with van der Waals surface area (Å²) in [4.78, 5) is 16.0. The molecule has 8 heteroatoms. The Kier molecular flexibility index (Phi) is 6.57. The number of anilines is 1. The van der Waals surface area contributed by atoms with Gasteiger partial charge in [-0.3, -0.25) is 4.79 Å². The van der Waals surface area contributed by atoms with Crippen LogP contribution in [0.4, 0.5) is 5.69 Å². The number of amides is 1. The number of rotatable bonds is 6. The van der Waals surface area contributed by atoms with Gasteiger partial charge in [0.25, 0.3) is 0 Å². The van der Waals surface area contributed by atoms with E-state index in [1.165, 1.54) is 0 Å². The average Bonchev–Trinajstić information content (AvgIpc) is 3.18. The molecule has 1 saturated heterocycles. The van der Waals surface area contributed by atoms with E-state index in [0.717, 1.165) is 25.1 Å². The highest BCUT2D eigenvalue weighted by Crippen LogP contribution is 2.17. The van der Waals surface area contributed by atoms with Gasteiger partial charge in [0.2, 0.25) is 17.6 Å². The second kappa shape index (κ2) is 8.65. The summed E-state index contributed by atoms with van der Waals surface area (Å²) in [7, 11) is 0. The van der Waals surface area contributed by atoms with Gasteiger partial charge in [-0.25, -0.2) is 0 Å². The van der Waals surface area contributed by atoms with Crippen molar-refractivity contribution in [2.45, 2.75) is 38.8 Å². The molecule has 1 aliphatic heterocycles. The number of hydrogen-bond donors (Lipinski definition) is 2. The first kappa shape index (κ1) is 18.2. The summed E-state index contributed by atoms with van der Waals surface area (Å²) < 4.78 is 10.4. The molecule has 2 aromatic rings. The number of nitrogens with zero attached hydrogens (tertiary/aromatic N) is 2. The van der Waals surface area contributed by atoms with Crippen LogP contribution in [0.1, 0.15) is 31.0 Å². The normalized spacial score (nSPS) is 16.5. The van der Waals surface area contributed by atoms with Crippen molar-refractivity contribution in [1.82, 2.24) is 15.5 Å². The minimum Gasteiger partial charge on any atom is -0.485 e. The van der Waals surface area contributed by atoms with Crippen molar-refractivity contribution >= 4 is 24.0 Å². The van der Waals surface area contributed by atoms with Gasteiger partial charge < -0.3 is 19.9 Å². The van der Waals surface area contributed by atoms with Crippen LogP contribution in [-0.2, 0) is 11.4 Å². The smallest absolute Gasteiger partial charge is 0.225 e. The minimum absolute atomic E-state index is 0. The molecule has 7 nitrogen and oxygen atoms in total. The number of nitrogens with one attached hydrogen (secondary N) is 2. The number of hydrogen-bond acceptors (Lipinski definition) is 6. The van der Waals surface area contributed by atoms with E-state index < -0.39 is 0 Å². The maximum absolute atomic E-state index is 12.0. The van der Waals surface area contributed by atoms with Crippen LogP contribution >= 0.6 is 12.4 Å². The van der Waals surface area contributed by atoms with E-state index in [0.29, 0.717) is 29.9 Å². The third-order valence-electron chi connectivity index (χ3n) is 3.67. The SMILES string of the molecule is Cc1nc(COc2ccc(NC(=O)CC3CCCN3)cc2)no1.Cl. The van der Waals surface area contributed by atoms with Gasteiger partial charge in [-0.15, -0.1) is 12.4 Å². The monoisotopic (exact) mass is 352 g/mol. The van der Waals surface area contributed by atoms with E-state index >= 15 is 0 Å². The highest BCUT2D eigenvalue weighted by atomic mass is 35.5. The molecule has 1 aromatic carbocycles. The molecule has 2 N–H and O–H groups in total. The van der Waals surface area contributed by atoms with Crippen molar-refractivity contribution in [2.75, 3.05) is 11.9 Å². The molecule has 1 aliphatic rings. The Morgan fingerprint density at radius 2 is 2.21 bits per heavy atom. The van der Waals surface area contributed by atoms with Crippen molar-refractivity contribution in [3.8, 4) is 5.75 Å². The van der Waals surface area contributed by atoms with Crippen LogP contribution in [0, 0.1) is 6.92 Å². The summed E-state index contributed by atoms with van der Waals surface area (Å²) in [5, 5.41) is 9.98. The molecule has 1 atom stereocenters. The number of aryl methyl sites for hydroxylation is 1. The van der Waals surface area contributed by atoms with Crippen LogP contribution in [-0.4, -0.2) is 28.6 Å². The Morgan fingerprint density at radius 3 is 2.83 bits per heavy atom. The van der Waals surface area contributed by atoms with Crippen molar-refractivity contribution in [3.05, 3.63) is 36.0 Å². The summed E-state index contributed by atoms with van der Waals surface area (Å²) in [5.74, 6) is 1.73. The lowest BCUT2D eigenvalue weighted by Crippen LogP contribution is -2.27. The molecular weight excluding hydrogens is 332 g/mol. The zero-order chi connectivity index (χ0) is 16.1. The third kappa shape index (κ3) is 5.21. The van der Waals surface area contributed by atoms with Crippen molar-refractivity contribution in [2.24, 2.45) is 0 Å². The third-order valence-corrected chi connectivity index (χ3v) is 3.67. The van der Waals surface area contributed by atoms with Gasteiger partial charge in [-0.2, -0.15) is 4.98 Å². The zero-order valence-electron chi connectivity index (χ0n) is 13.4. The molecule has 1 unspecified atom stereocenters. The van der Waals surface area contributed by atoms with E-state index in [1.807, 2.05) is 12.1 Å². The molecule has 0 aliphatic carbocycles. The van der Waals surface area contributed by atoms with E-state index in [9.17, 15) is 4.79 Å². The Morgan fingerprint density at radius 1 is 1.42 bits per heavy atom. The van der Waals surface area contributed by atoms with Crippen LogP contribution in [0.5, 0.6) is 5.75 Å². The Hall–Kier alpha value is -2.12. The molecule has 0 spiro atoms. The van der Waals surface area contributed by atoms with Crippen molar-refractivity contribution in [3.63, 3.8) is 0 Å². The first-order valence-corrected chi connectivity index (χ1v) is 7.74. The Balaban J connectivity index is 0.00000208. The molecule has 0 bridgehead atoms. The molecule has 3 rings (SSSR count). The summed E-state index contributed by atoms with van der Waals surface area (Å²) in [6.45, 7) is 2.98. The lowest BCUT2D eigenvalue weighted by Gasteiger charge is -2.11. The fourth-order valence-electron chi connectivity index (χ4n) is 2.55. The second-order valence-electron chi connectivity index (χ2n) is 5.59. The average molecular weight is 353 g/mol. The molecule has 0 radical (unpaired) electrons. The Labute approximate surface area is 146 Å². The van der Waals surface area contributed by atoms with Crippen LogP contribution in [0.25, 0.3) is 0 Å². The lowest BCUT2D eigenvalue weighted by atomic mass is 10.1. The topological polar surface area (TPSA) is 89.3 Å². The van der Waals surface area contributed by atoms with E-state index in [-0.39, 0.29) is 24.9 Å². The van der Waals surface area contributed by atoms with Gasteiger partial charge in [0.1, 0.15) is 5.75 Å². The molecule has 1 aromatic heterocycles. The van der Waals surface area contributed by atoms with Crippen LogP contribution in [0.15, 0.2) is 28.8 Å². The minimum atomic E-state index is 0. The number of halogens is 1. The molecule has 130 valence electrons. The highest BCUT2D eigenvalue weighted by Gasteiger charge is 2.17. The molecule has 24 heavy (non-hydrogen) atoms. The van der Waals surface area contributed by atoms with Crippen LogP contribution in [0.3, 0.4) is 0 Å². The summed E-state index contributed by atoms with van der Waals surface area (Å²) in [6, 6.07) is 7.54. The van der Waals surface area contributed by atoms with Crippen LogP contribution in [0.2, 0.25) is 0 Å². The molecule has 1 amide bonds. The largest absolute Gasteiger partial charge is 0.485 e. The number of benzene rings is 1. The molecular formula is C16H21ClN4O3. The highest BCUT2D eigenvalue weighted by molar-refractivity contribution is 5.91. The lowest BCUT2D eigenvalue weighted by molar-refractivity contribution is -0.116. The van der Waals surface area contributed by atoms with Crippen molar-refractivity contribution in [1.29, 1.82) is 0 Å². The first-order valence-electron chi connectivity index (χ1n) is 7.74. The summed E-state index contributed by atoms with van der Waals surface area (Å²) >= 11 is 0. The number of carbonyl (C=O) groups excluding carboxylic acids is 1.